The normalized spacial score (nSPS) is 11.2. The number of amides is 1. The molecule has 6 heteroatoms. The summed E-state index contributed by atoms with van der Waals surface area (Å²) in [6.45, 7) is 3.50. The van der Waals surface area contributed by atoms with Gasteiger partial charge in [0.2, 0.25) is 0 Å². The van der Waals surface area contributed by atoms with Crippen molar-refractivity contribution in [2.75, 3.05) is 0 Å². The highest BCUT2D eigenvalue weighted by atomic mass is 79.9. The molecular weight excluding hydrogens is 306 g/mol. The zero-order valence-corrected chi connectivity index (χ0v) is 12.0. The van der Waals surface area contributed by atoms with Crippen LogP contribution in [-0.4, -0.2) is 22.5 Å². The van der Waals surface area contributed by atoms with Crippen molar-refractivity contribution in [3.05, 3.63) is 20.8 Å². The van der Waals surface area contributed by atoms with E-state index in [1.165, 1.54) is 11.3 Å². The van der Waals surface area contributed by atoms with Crippen molar-refractivity contribution in [2.24, 2.45) is 0 Å². The van der Waals surface area contributed by atoms with Crippen LogP contribution in [0, 0.1) is 0 Å². The van der Waals surface area contributed by atoms with Crippen LogP contribution in [0.3, 0.4) is 0 Å². The van der Waals surface area contributed by atoms with Crippen LogP contribution in [0.5, 0.6) is 0 Å². The molecule has 1 amide bonds. The quantitative estimate of drug-likeness (QED) is 0.877. The average Bonchev–Trinajstić information content (AvgIpc) is 2.72. The molecule has 0 aliphatic rings. The Morgan fingerprint density at radius 2 is 2.06 bits per heavy atom. The van der Waals surface area contributed by atoms with Crippen molar-refractivity contribution in [1.82, 2.24) is 5.32 Å². The van der Waals surface area contributed by atoms with Crippen LogP contribution in [-0.2, 0) is 4.79 Å². The van der Waals surface area contributed by atoms with Gasteiger partial charge in [-0.2, -0.15) is 0 Å². The van der Waals surface area contributed by atoms with Crippen LogP contribution in [0.15, 0.2) is 15.2 Å². The molecule has 0 bridgehead atoms. The third-order valence-electron chi connectivity index (χ3n) is 2.80. The van der Waals surface area contributed by atoms with E-state index in [0.29, 0.717) is 18.4 Å². The summed E-state index contributed by atoms with van der Waals surface area (Å²) in [6.07, 6.45) is 0.714. The molecular formula is C11H14BrNO3S. The SMILES string of the molecule is CCC(CC)(NC(=O)c1csc(Br)c1)C(=O)O. The zero-order chi connectivity index (χ0) is 13.1. The summed E-state index contributed by atoms with van der Waals surface area (Å²) in [5.74, 6) is -1.34. The molecule has 0 unspecified atom stereocenters. The molecule has 0 aliphatic heterocycles. The van der Waals surface area contributed by atoms with Gasteiger partial charge in [0.25, 0.3) is 5.91 Å². The molecule has 0 radical (unpaired) electrons. The minimum absolute atomic E-state index is 0.349. The molecule has 0 atom stereocenters. The van der Waals surface area contributed by atoms with E-state index >= 15 is 0 Å². The number of halogens is 1. The molecule has 0 fully saturated rings. The van der Waals surface area contributed by atoms with Crippen LogP contribution >= 0.6 is 27.3 Å². The van der Waals surface area contributed by atoms with Gasteiger partial charge < -0.3 is 10.4 Å². The average molecular weight is 320 g/mol. The number of carboxylic acids is 1. The van der Waals surface area contributed by atoms with Crippen molar-refractivity contribution in [1.29, 1.82) is 0 Å². The number of thiophene rings is 1. The van der Waals surface area contributed by atoms with E-state index in [9.17, 15) is 14.7 Å². The number of hydrogen-bond donors (Lipinski definition) is 2. The van der Waals surface area contributed by atoms with Gasteiger partial charge >= 0.3 is 5.97 Å². The van der Waals surface area contributed by atoms with Crippen LogP contribution in [0.4, 0.5) is 0 Å². The smallest absolute Gasteiger partial charge is 0.329 e. The van der Waals surface area contributed by atoms with Crippen molar-refractivity contribution >= 4 is 39.1 Å². The van der Waals surface area contributed by atoms with Crippen molar-refractivity contribution in [2.45, 2.75) is 32.2 Å². The van der Waals surface area contributed by atoms with Crippen molar-refractivity contribution < 1.29 is 14.7 Å². The molecule has 4 nitrogen and oxygen atoms in total. The van der Waals surface area contributed by atoms with Crippen molar-refractivity contribution in [3.63, 3.8) is 0 Å². The Balaban J connectivity index is 2.88. The summed E-state index contributed by atoms with van der Waals surface area (Å²) < 4.78 is 0.844. The fourth-order valence-electron chi connectivity index (χ4n) is 1.50. The molecule has 94 valence electrons. The minimum Gasteiger partial charge on any atom is -0.480 e. The molecule has 2 N–H and O–H groups in total. The highest BCUT2D eigenvalue weighted by molar-refractivity contribution is 9.11. The number of aliphatic carboxylic acids is 1. The molecule has 1 rings (SSSR count). The van der Waals surface area contributed by atoms with E-state index in [2.05, 4.69) is 21.2 Å². The highest BCUT2D eigenvalue weighted by Gasteiger charge is 2.36. The van der Waals surface area contributed by atoms with Crippen LogP contribution in [0.1, 0.15) is 37.0 Å². The summed E-state index contributed by atoms with van der Waals surface area (Å²) in [6, 6.07) is 1.68. The summed E-state index contributed by atoms with van der Waals surface area (Å²) in [5.41, 5.74) is -0.694. The Labute approximate surface area is 112 Å². The van der Waals surface area contributed by atoms with Gasteiger partial charge in [-0.05, 0) is 34.8 Å². The van der Waals surface area contributed by atoms with E-state index in [0.717, 1.165) is 3.79 Å². The lowest BCUT2D eigenvalue weighted by Gasteiger charge is -2.27. The van der Waals surface area contributed by atoms with E-state index < -0.39 is 11.5 Å². The largest absolute Gasteiger partial charge is 0.480 e. The number of hydrogen-bond acceptors (Lipinski definition) is 3. The van der Waals surface area contributed by atoms with Crippen LogP contribution in [0.25, 0.3) is 0 Å². The molecule has 0 aromatic carbocycles. The van der Waals surface area contributed by atoms with E-state index in [1.807, 2.05) is 0 Å². The summed E-state index contributed by atoms with van der Waals surface area (Å²) >= 11 is 4.66. The maximum Gasteiger partial charge on any atom is 0.329 e. The molecule has 1 heterocycles. The third-order valence-corrected chi connectivity index (χ3v) is 4.30. The van der Waals surface area contributed by atoms with Gasteiger partial charge in [0.15, 0.2) is 0 Å². The predicted molar refractivity (Wildman–Crippen MR) is 70.4 cm³/mol. The molecule has 17 heavy (non-hydrogen) atoms. The van der Waals surface area contributed by atoms with Gasteiger partial charge in [0.1, 0.15) is 5.54 Å². The lowest BCUT2D eigenvalue weighted by Crippen LogP contribution is -2.53. The molecule has 0 saturated carbocycles. The summed E-state index contributed by atoms with van der Waals surface area (Å²) in [7, 11) is 0. The predicted octanol–water partition coefficient (Wildman–Crippen LogP) is 2.88. The Hall–Kier alpha value is -0.880. The maximum absolute atomic E-state index is 11.9. The van der Waals surface area contributed by atoms with Gasteiger partial charge in [0, 0.05) is 5.38 Å². The summed E-state index contributed by atoms with van der Waals surface area (Å²) in [5, 5.41) is 13.5. The first-order valence-corrected chi connectivity index (χ1v) is 6.92. The third kappa shape index (κ3) is 3.07. The fraction of sp³-hybridized carbons (Fsp3) is 0.455. The topological polar surface area (TPSA) is 66.4 Å². The second kappa shape index (κ2) is 5.64. The van der Waals surface area contributed by atoms with Gasteiger partial charge in [0.05, 0.1) is 9.35 Å². The lowest BCUT2D eigenvalue weighted by atomic mass is 9.92. The summed E-state index contributed by atoms with van der Waals surface area (Å²) in [4.78, 5) is 23.1. The Morgan fingerprint density at radius 3 is 2.41 bits per heavy atom. The first kappa shape index (κ1) is 14.2. The zero-order valence-electron chi connectivity index (χ0n) is 9.62. The maximum atomic E-state index is 11.9. The van der Waals surface area contributed by atoms with Crippen LogP contribution < -0.4 is 5.32 Å². The van der Waals surface area contributed by atoms with Gasteiger partial charge in [-0.1, -0.05) is 13.8 Å². The molecule has 0 spiro atoms. The van der Waals surface area contributed by atoms with Gasteiger partial charge in [-0.25, -0.2) is 4.79 Å². The van der Waals surface area contributed by atoms with E-state index in [4.69, 9.17) is 0 Å². The minimum atomic E-state index is -1.18. The molecule has 0 aliphatic carbocycles. The second-order valence-corrected chi connectivity index (χ2v) is 5.98. The molecule has 1 aromatic heterocycles. The first-order chi connectivity index (χ1) is 7.95. The number of carbonyl (C=O) groups is 2. The van der Waals surface area contributed by atoms with Gasteiger partial charge in [-0.3, -0.25) is 4.79 Å². The monoisotopic (exact) mass is 319 g/mol. The lowest BCUT2D eigenvalue weighted by molar-refractivity contribution is -0.144. The van der Waals surface area contributed by atoms with Crippen molar-refractivity contribution in [3.8, 4) is 0 Å². The number of carboxylic acid groups (broad SMARTS) is 1. The first-order valence-electron chi connectivity index (χ1n) is 5.25. The standard InChI is InChI=1S/C11H14BrNO3S/c1-3-11(4-2,10(15)16)13-9(14)7-5-8(12)17-6-7/h5-6H,3-4H2,1-2H3,(H,13,14)(H,15,16). The number of rotatable bonds is 5. The second-order valence-electron chi connectivity index (χ2n) is 3.69. The number of carbonyl (C=O) groups excluding carboxylic acids is 1. The molecule has 0 saturated heterocycles. The van der Waals surface area contributed by atoms with E-state index in [1.54, 1.807) is 25.3 Å². The van der Waals surface area contributed by atoms with E-state index in [-0.39, 0.29) is 5.91 Å². The number of nitrogens with one attached hydrogen (secondary N) is 1. The molecule has 1 aromatic rings. The van der Waals surface area contributed by atoms with Crippen LogP contribution in [0.2, 0.25) is 0 Å². The highest BCUT2D eigenvalue weighted by Crippen LogP contribution is 2.22. The van der Waals surface area contributed by atoms with Gasteiger partial charge in [-0.15, -0.1) is 11.3 Å². The fourth-order valence-corrected chi connectivity index (χ4v) is 2.64. The Morgan fingerprint density at radius 1 is 1.47 bits per heavy atom. The Kier molecular flexibility index (Phi) is 4.70. The Bertz CT molecular complexity index is 426.